The van der Waals surface area contributed by atoms with Crippen LogP contribution in [0, 0.1) is 0 Å². The van der Waals surface area contributed by atoms with Gasteiger partial charge in [-0.2, -0.15) is 0 Å². The molecule has 6 heterocycles. The van der Waals surface area contributed by atoms with E-state index in [9.17, 15) is 19.5 Å². The molecule has 3 amide bonds. The van der Waals surface area contributed by atoms with Crippen LogP contribution in [0.2, 0.25) is 0 Å². The number of benzene rings is 3. The van der Waals surface area contributed by atoms with Gasteiger partial charge in [0.25, 0.3) is 5.91 Å². The quantitative estimate of drug-likeness (QED) is 0.0909. The zero-order valence-corrected chi connectivity index (χ0v) is 34.2. The molecular formula is C46H46N10O6. The summed E-state index contributed by atoms with van der Waals surface area (Å²) in [4.78, 5) is 68.3. The lowest BCUT2D eigenvalue weighted by atomic mass is 10.0. The number of fused-ring (bicyclic) bond motifs is 2. The second kappa shape index (κ2) is 17.4. The molecule has 2 aliphatic rings. The number of ether oxygens (including phenoxy) is 2. The third kappa shape index (κ3) is 8.04. The molecule has 5 unspecified atom stereocenters. The molecular weight excluding hydrogens is 789 g/mol. The lowest BCUT2D eigenvalue weighted by molar-refractivity contribution is -0.134. The number of pyridine rings is 1. The number of methoxy groups -OCH3 is 2. The standard InChI is InChI=1S/C46H46N10O6/c1-61-45(59)51-37(29-11-5-3-6-12-29)43(57)55-21-9-15-35(55)41-48-26-32-24-33(49-39(32)53-41)28-19-17-27(18-20-28)31-23-34-40(47-25-31)54-42(50-34)36-16-10-22-56(36)44(58)38(52-46(60)62-2)30-13-7-4-8-14-30/h3-8,11-14,17-20,23-26,35-38,43,57H,9-10,15-16,21-22H2,1-2H3,(H,51,59)(H,52,60)(H,47,50,54)(H,48,49,53). The predicted octanol–water partition coefficient (Wildman–Crippen LogP) is 6.88. The smallest absolute Gasteiger partial charge is 0.407 e. The first-order chi connectivity index (χ1) is 30.3. The van der Waals surface area contributed by atoms with Gasteiger partial charge in [-0.3, -0.25) is 9.69 Å². The lowest BCUT2D eigenvalue weighted by Crippen LogP contribution is -2.46. The Morgan fingerprint density at radius 1 is 0.742 bits per heavy atom. The molecule has 0 spiro atoms. The fourth-order valence-corrected chi connectivity index (χ4v) is 8.66. The average Bonchev–Trinajstić information content (AvgIpc) is 4.16. The van der Waals surface area contributed by atoms with Crippen LogP contribution in [0.25, 0.3) is 44.6 Å². The second-order valence-corrected chi connectivity index (χ2v) is 15.5. The summed E-state index contributed by atoms with van der Waals surface area (Å²) in [6, 6.07) is 28.5. The number of nitrogens with zero attached hydrogens (tertiary/aromatic N) is 6. The molecule has 2 saturated heterocycles. The summed E-state index contributed by atoms with van der Waals surface area (Å²) in [5.41, 5.74) is 7.11. The van der Waals surface area contributed by atoms with Crippen LogP contribution < -0.4 is 10.6 Å². The van der Waals surface area contributed by atoms with Crippen molar-refractivity contribution in [2.24, 2.45) is 0 Å². The summed E-state index contributed by atoms with van der Waals surface area (Å²) in [7, 11) is 2.57. The highest BCUT2D eigenvalue weighted by Gasteiger charge is 2.39. The topological polar surface area (TPSA) is 204 Å². The number of aliphatic hydroxyl groups excluding tert-OH is 1. The van der Waals surface area contributed by atoms with E-state index in [0.717, 1.165) is 58.1 Å². The van der Waals surface area contributed by atoms with E-state index in [0.29, 0.717) is 48.0 Å². The Morgan fingerprint density at radius 3 is 2.16 bits per heavy atom. The minimum Gasteiger partial charge on any atom is -0.453 e. The first kappa shape index (κ1) is 40.2. The number of alkyl carbamates (subject to hydrolysis) is 2. The molecule has 9 rings (SSSR count). The molecule has 4 aromatic heterocycles. The molecule has 5 atom stereocenters. The fourth-order valence-electron chi connectivity index (χ4n) is 8.66. The molecule has 2 aliphatic heterocycles. The lowest BCUT2D eigenvalue weighted by Gasteiger charge is -2.34. The van der Waals surface area contributed by atoms with Crippen molar-refractivity contribution in [3.8, 4) is 22.4 Å². The summed E-state index contributed by atoms with van der Waals surface area (Å²) in [6.45, 7) is 1.14. The number of carbonyl (C=O) groups is 3. The Labute approximate surface area is 356 Å². The van der Waals surface area contributed by atoms with Gasteiger partial charge >= 0.3 is 12.2 Å². The van der Waals surface area contributed by atoms with E-state index in [-0.39, 0.29) is 18.0 Å². The van der Waals surface area contributed by atoms with Crippen LogP contribution >= 0.6 is 0 Å². The number of aromatic amines is 2. The molecule has 7 aromatic rings. The molecule has 3 aromatic carbocycles. The van der Waals surface area contributed by atoms with Gasteiger partial charge in [0.1, 0.15) is 29.6 Å². The number of nitrogens with one attached hydrogen (secondary N) is 4. The van der Waals surface area contributed by atoms with Crippen molar-refractivity contribution in [3.05, 3.63) is 132 Å². The van der Waals surface area contributed by atoms with Crippen molar-refractivity contribution in [2.45, 2.75) is 56.1 Å². The van der Waals surface area contributed by atoms with Gasteiger partial charge in [0.15, 0.2) is 5.65 Å². The van der Waals surface area contributed by atoms with Crippen LogP contribution in [0.5, 0.6) is 0 Å². The number of carbonyl (C=O) groups excluding carboxylic acids is 3. The van der Waals surface area contributed by atoms with Gasteiger partial charge in [-0.25, -0.2) is 29.5 Å². The molecule has 16 nitrogen and oxygen atoms in total. The van der Waals surface area contributed by atoms with Gasteiger partial charge in [-0.15, -0.1) is 0 Å². The number of rotatable bonds is 11. The number of H-pyrrole nitrogens is 2. The van der Waals surface area contributed by atoms with Crippen molar-refractivity contribution in [2.75, 3.05) is 27.3 Å². The van der Waals surface area contributed by atoms with E-state index in [1.807, 2.05) is 102 Å². The van der Waals surface area contributed by atoms with E-state index in [2.05, 4.69) is 25.6 Å². The maximum Gasteiger partial charge on any atom is 0.407 e. The Kier molecular flexibility index (Phi) is 11.3. The predicted molar refractivity (Wildman–Crippen MR) is 230 cm³/mol. The molecule has 0 radical (unpaired) electrons. The fraction of sp³-hybridized carbons (Fsp3) is 0.283. The van der Waals surface area contributed by atoms with Gasteiger partial charge in [0, 0.05) is 42.1 Å². The maximum absolute atomic E-state index is 14.0. The van der Waals surface area contributed by atoms with Crippen LogP contribution in [0.1, 0.15) is 72.6 Å². The van der Waals surface area contributed by atoms with Crippen LogP contribution in [0.4, 0.5) is 9.59 Å². The van der Waals surface area contributed by atoms with Crippen molar-refractivity contribution in [1.29, 1.82) is 0 Å². The van der Waals surface area contributed by atoms with Crippen LogP contribution in [-0.4, -0.2) is 96.4 Å². The third-order valence-electron chi connectivity index (χ3n) is 11.8. The Balaban J connectivity index is 0.909. The van der Waals surface area contributed by atoms with Gasteiger partial charge in [0.2, 0.25) is 0 Å². The number of aliphatic hydroxyl groups is 1. The van der Waals surface area contributed by atoms with Crippen molar-refractivity contribution in [3.63, 3.8) is 0 Å². The van der Waals surface area contributed by atoms with Crippen molar-refractivity contribution >= 4 is 40.3 Å². The molecule has 2 fully saturated rings. The summed E-state index contributed by atoms with van der Waals surface area (Å²) in [5, 5.41) is 18.0. The van der Waals surface area contributed by atoms with E-state index in [4.69, 9.17) is 24.4 Å². The molecule has 5 N–H and O–H groups in total. The normalized spacial score (nSPS) is 18.1. The van der Waals surface area contributed by atoms with Crippen LogP contribution in [0.15, 0.2) is 109 Å². The minimum atomic E-state index is -1.04. The molecule has 62 heavy (non-hydrogen) atoms. The van der Waals surface area contributed by atoms with E-state index >= 15 is 0 Å². The highest BCUT2D eigenvalue weighted by molar-refractivity contribution is 5.88. The molecule has 0 bridgehead atoms. The molecule has 316 valence electrons. The molecule has 0 aliphatic carbocycles. The SMILES string of the molecule is COC(=O)NC(C(=O)N1CCCC1c1nc2ncc(-c3ccc(-c4cc5cnc(C6CCCN6C(O)C(NC(=O)OC)c6ccccc6)nc5[nH]4)cc3)cc2[nH]1)c1ccccc1. The highest BCUT2D eigenvalue weighted by atomic mass is 16.5. The largest absolute Gasteiger partial charge is 0.453 e. The van der Waals surface area contributed by atoms with Gasteiger partial charge in [-0.1, -0.05) is 84.9 Å². The number of aromatic nitrogens is 6. The summed E-state index contributed by atoms with van der Waals surface area (Å²) in [5.74, 6) is 0.997. The third-order valence-corrected chi connectivity index (χ3v) is 11.8. The average molecular weight is 835 g/mol. The zero-order chi connectivity index (χ0) is 42.7. The van der Waals surface area contributed by atoms with Gasteiger partial charge in [0.05, 0.1) is 37.9 Å². The van der Waals surface area contributed by atoms with Gasteiger partial charge < -0.3 is 40.1 Å². The number of hydrogen-bond donors (Lipinski definition) is 5. The first-order valence-electron chi connectivity index (χ1n) is 20.6. The Bertz CT molecular complexity index is 2710. The monoisotopic (exact) mass is 834 g/mol. The van der Waals surface area contributed by atoms with Crippen molar-refractivity contribution < 1.29 is 29.0 Å². The minimum absolute atomic E-state index is 0.236. The molecule has 0 saturated carbocycles. The highest BCUT2D eigenvalue weighted by Crippen LogP contribution is 2.37. The number of hydrogen-bond acceptors (Lipinski definition) is 11. The maximum atomic E-state index is 14.0. The number of imidazole rings is 1. The zero-order valence-electron chi connectivity index (χ0n) is 34.2. The number of amides is 3. The van der Waals surface area contributed by atoms with Gasteiger partial charge in [-0.05, 0) is 60.1 Å². The van der Waals surface area contributed by atoms with Crippen LogP contribution in [0.3, 0.4) is 0 Å². The van der Waals surface area contributed by atoms with E-state index < -0.39 is 30.5 Å². The Hall–Kier alpha value is -7.17. The Morgan fingerprint density at radius 2 is 1.42 bits per heavy atom. The first-order valence-corrected chi connectivity index (χ1v) is 20.6. The van der Waals surface area contributed by atoms with Crippen molar-refractivity contribution in [1.82, 2.24) is 50.3 Å². The summed E-state index contributed by atoms with van der Waals surface area (Å²) < 4.78 is 9.71. The second-order valence-electron chi connectivity index (χ2n) is 15.5. The summed E-state index contributed by atoms with van der Waals surface area (Å²) in [6.07, 6.45) is 4.34. The summed E-state index contributed by atoms with van der Waals surface area (Å²) >= 11 is 0. The molecule has 16 heteroatoms. The van der Waals surface area contributed by atoms with E-state index in [1.54, 1.807) is 17.3 Å². The van der Waals surface area contributed by atoms with E-state index in [1.165, 1.54) is 14.2 Å². The number of likely N-dealkylation sites (tertiary alicyclic amines) is 2. The van der Waals surface area contributed by atoms with Crippen LogP contribution in [-0.2, 0) is 14.3 Å².